The van der Waals surface area contributed by atoms with Crippen molar-refractivity contribution in [2.45, 2.75) is 44.1 Å². The molecule has 3 heterocycles. The number of aromatic nitrogens is 1. The lowest BCUT2D eigenvalue weighted by Gasteiger charge is -2.31. The quantitative estimate of drug-likeness (QED) is 0.713. The van der Waals surface area contributed by atoms with Crippen LogP contribution >= 0.6 is 11.3 Å². The van der Waals surface area contributed by atoms with Crippen molar-refractivity contribution in [1.29, 1.82) is 0 Å². The summed E-state index contributed by atoms with van der Waals surface area (Å²) in [5, 5.41) is 1.38. The van der Waals surface area contributed by atoms with E-state index in [1.54, 1.807) is 0 Å². The average Bonchev–Trinajstić information content (AvgIpc) is 3.17. The first kappa shape index (κ1) is 12.4. The van der Waals surface area contributed by atoms with Crippen molar-refractivity contribution in [3.63, 3.8) is 0 Å². The van der Waals surface area contributed by atoms with Crippen LogP contribution < -0.4 is 0 Å². The van der Waals surface area contributed by atoms with Crippen LogP contribution in [0.5, 0.6) is 0 Å². The minimum atomic E-state index is 0.463. The van der Waals surface area contributed by atoms with Gasteiger partial charge in [0.25, 0.3) is 0 Å². The van der Waals surface area contributed by atoms with Crippen LogP contribution in [0.25, 0.3) is 11.3 Å². The monoisotopic (exact) mass is 296 g/mol. The van der Waals surface area contributed by atoms with Gasteiger partial charge in [0.2, 0.25) is 0 Å². The van der Waals surface area contributed by atoms with E-state index in [1.807, 2.05) is 11.3 Å². The largest absolute Gasteiger partial charge is 0.297 e. The molecule has 108 valence electrons. The van der Waals surface area contributed by atoms with E-state index < -0.39 is 0 Å². The molecule has 21 heavy (non-hydrogen) atoms. The Labute approximate surface area is 129 Å². The van der Waals surface area contributed by atoms with Gasteiger partial charge in [0.1, 0.15) is 0 Å². The first-order chi connectivity index (χ1) is 10.3. The zero-order valence-electron chi connectivity index (χ0n) is 12.3. The Morgan fingerprint density at radius 3 is 2.81 bits per heavy atom. The van der Waals surface area contributed by atoms with Crippen LogP contribution in [0.4, 0.5) is 0 Å². The number of nitrogens with zero attached hydrogens (tertiary/aromatic N) is 2. The molecule has 2 aliphatic heterocycles. The van der Waals surface area contributed by atoms with Gasteiger partial charge in [-0.3, -0.25) is 4.90 Å². The van der Waals surface area contributed by atoms with Gasteiger partial charge in [-0.25, -0.2) is 4.98 Å². The van der Waals surface area contributed by atoms with Gasteiger partial charge in [-0.1, -0.05) is 24.3 Å². The van der Waals surface area contributed by atoms with Gasteiger partial charge in [0.15, 0.2) is 0 Å². The molecule has 2 fully saturated rings. The molecule has 0 saturated carbocycles. The van der Waals surface area contributed by atoms with Gasteiger partial charge in [0, 0.05) is 28.8 Å². The second-order valence-corrected chi connectivity index (χ2v) is 7.98. The van der Waals surface area contributed by atoms with Crippen molar-refractivity contribution in [3.8, 4) is 11.3 Å². The Balaban J connectivity index is 1.48. The summed E-state index contributed by atoms with van der Waals surface area (Å²) in [6.45, 7) is 2.63. The van der Waals surface area contributed by atoms with E-state index in [-0.39, 0.29) is 0 Å². The predicted octanol–water partition coefficient (Wildman–Crippen LogP) is 3.89. The van der Waals surface area contributed by atoms with Crippen LogP contribution in [-0.4, -0.2) is 28.5 Å². The standard InChI is InChI=1S/C18H20N2S/c1-2-6-14-13(5-1)11-15-17(14)19-16(21-15)12-18-7-3-9-20(18)10-4-8-18/h1-2,5-6H,3-4,7-12H2. The number of benzene rings is 1. The molecule has 3 aliphatic rings. The van der Waals surface area contributed by atoms with E-state index in [2.05, 4.69) is 29.2 Å². The van der Waals surface area contributed by atoms with Gasteiger partial charge in [0.05, 0.1) is 10.7 Å². The smallest absolute Gasteiger partial charge is 0.0954 e. The minimum absolute atomic E-state index is 0.463. The zero-order chi connectivity index (χ0) is 13.9. The first-order valence-corrected chi connectivity index (χ1v) is 8.98. The Kier molecular flexibility index (Phi) is 2.59. The lowest BCUT2D eigenvalue weighted by Crippen LogP contribution is -2.40. The van der Waals surface area contributed by atoms with Crippen LogP contribution in [0.1, 0.15) is 41.1 Å². The topological polar surface area (TPSA) is 16.1 Å². The summed E-state index contributed by atoms with van der Waals surface area (Å²) < 4.78 is 0. The molecular weight excluding hydrogens is 276 g/mol. The molecule has 0 radical (unpaired) electrons. The number of rotatable bonds is 2. The molecule has 1 aliphatic carbocycles. The van der Waals surface area contributed by atoms with Crippen molar-refractivity contribution in [3.05, 3.63) is 39.7 Å². The molecule has 2 aromatic rings. The van der Waals surface area contributed by atoms with Crippen molar-refractivity contribution >= 4 is 11.3 Å². The third kappa shape index (κ3) is 1.77. The van der Waals surface area contributed by atoms with Crippen LogP contribution in [0, 0.1) is 0 Å². The predicted molar refractivity (Wildman–Crippen MR) is 86.8 cm³/mol. The van der Waals surface area contributed by atoms with E-state index in [0.717, 1.165) is 6.42 Å². The summed E-state index contributed by atoms with van der Waals surface area (Å²) in [6.07, 6.45) is 7.82. The highest BCUT2D eigenvalue weighted by Gasteiger charge is 2.44. The normalized spacial score (nSPS) is 22.3. The molecule has 1 aromatic carbocycles. The van der Waals surface area contributed by atoms with Crippen molar-refractivity contribution < 1.29 is 0 Å². The van der Waals surface area contributed by atoms with Crippen LogP contribution in [-0.2, 0) is 12.8 Å². The first-order valence-electron chi connectivity index (χ1n) is 8.16. The summed E-state index contributed by atoms with van der Waals surface area (Å²) >= 11 is 1.97. The van der Waals surface area contributed by atoms with E-state index in [0.29, 0.717) is 5.54 Å². The van der Waals surface area contributed by atoms with Gasteiger partial charge >= 0.3 is 0 Å². The second-order valence-electron chi connectivity index (χ2n) is 6.81. The molecule has 0 unspecified atom stereocenters. The molecule has 5 rings (SSSR count). The van der Waals surface area contributed by atoms with Crippen molar-refractivity contribution in [1.82, 2.24) is 9.88 Å². The highest BCUT2D eigenvalue weighted by molar-refractivity contribution is 7.12. The Morgan fingerprint density at radius 1 is 1.14 bits per heavy atom. The maximum absolute atomic E-state index is 5.04. The Morgan fingerprint density at radius 2 is 1.95 bits per heavy atom. The van der Waals surface area contributed by atoms with Crippen molar-refractivity contribution in [2.24, 2.45) is 0 Å². The zero-order valence-corrected chi connectivity index (χ0v) is 13.1. The number of fused-ring (bicyclic) bond motifs is 4. The second kappa shape index (κ2) is 4.40. The molecule has 2 nitrogen and oxygen atoms in total. The fraction of sp³-hybridized carbons (Fsp3) is 0.500. The van der Waals surface area contributed by atoms with Gasteiger partial charge in [-0.2, -0.15) is 0 Å². The van der Waals surface area contributed by atoms with E-state index in [1.165, 1.54) is 71.9 Å². The third-order valence-corrected chi connectivity index (χ3v) is 6.71. The van der Waals surface area contributed by atoms with E-state index >= 15 is 0 Å². The highest BCUT2D eigenvalue weighted by atomic mass is 32.1. The highest BCUT2D eigenvalue weighted by Crippen LogP contribution is 2.44. The summed E-state index contributed by atoms with van der Waals surface area (Å²) in [5.74, 6) is 0. The SMILES string of the molecule is c1ccc2c(c1)Cc1sc(CC34CCCN3CCC4)nc1-2. The van der Waals surface area contributed by atoms with E-state index in [9.17, 15) is 0 Å². The van der Waals surface area contributed by atoms with Gasteiger partial charge in [-0.05, 0) is 44.3 Å². The molecule has 0 N–H and O–H groups in total. The summed E-state index contributed by atoms with van der Waals surface area (Å²) in [5.41, 5.74) is 4.58. The Hall–Kier alpha value is -1.19. The molecule has 0 amide bonds. The maximum Gasteiger partial charge on any atom is 0.0954 e. The van der Waals surface area contributed by atoms with Crippen LogP contribution in [0.3, 0.4) is 0 Å². The van der Waals surface area contributed by atoms with Gasteiger partial charge < -0.3 is 0 Å². The molecular formula is C18H20N2S. The maximum atomic E-state index is 5.04. The Bertz CT molecular complexity index is 693. The molecule has 0 atom stereocenters. The van der Waals surface area contributed by atoms with Crippen molar-refractivity contribution in [2.75, 3.05) is 13.1 Å². The molecule has 0 spiro atoms. The number of hydrogen-bond donors (Lipinski definition) is 0. The lowest BCUT2D eigenvalue weighted by molar-refractivity contribution is 0.194. The summed E-state index contributed by atoms with van der Waals surface area (Å²) in [6, 6.07) is 8.77. The molecule has 3 heteroatoms. The summed E-state index contributed by atoms with van der Waals surface area (Å²) in [7, 11) is 0. The fourth-order valence-corrected chi connectivity index (χ4v) is 5.92. The van der Waals surface area contributed by atoms with E-state index in [4.69, 9.17) is 4.98 Å². The molecule has 1 aromatic heterocycles. The van der Waals surface area contributed by atoms with Gasteiger partial charge in [-0.15, -0.1) is 11.3 Å². The number of hydrogen-bond acceptors (Lipinski definition) is 3. The lowest BCUT2D eigenvalue weighted by atomic mass is 9.91. The van der Waals surface area contributed by atoms with Crippen LogP contribution in [0.15, 0.2) is 24.3 Å². The number of thiazole rings is 1. The average molecular weight is 296 g/mol. The summed E-state index contributed by atoms with van der Waals surface area (Å²) in [4.78, 5) is 9.28. The molecule has 0 bridgehead atoms. The fourth-order valence-electron chi connectivity index (χ4n) is 4.68. The minimum Gasteiger partial charge on any atom is -0.297 e. The molecule has 2 saturated heterocycles. The third-order valence-electron chi connectivity index (χ3n) is 5.66. The van der Waals surface area contributed by atoms with Crippen LogP contribution in [0.2, 0.25) is 0 Å².